The highest BCUT2D eigenvalue weighted by molar-refractivity contribution is 6.30. The summed E-state index contributed by atoms with van der Waals surface area (Å²) in [5.41, 5.74) is 3.83. The maximum atomic E-state index is 6.34. The summed E-state index contributed by atoms with van der Waals surface area (Å²) in [7, 11) is 0. The van der Waals surface area contributed by atoms with Gasteiger partial charge in [0.2, 0.25) is 0 Å². The highest BCUT2D eigenvalue weighted by atomic mass is 35.5. The molecule has 220 valence electrons. The molecule has 5 aromatic rings. The first-order chi connectivity index (χ1) is 20.6. The van der Waals surface area contributed by atoms with E-state index in [4.69, 9.17) is 30.8 Å². The molecule has 8 nitrogen and oxygen atoms in total. The number of fused-ring (bicyclic) bond motifs is 1. The van der Waals surface area contributed by atoms with Crippen LogP contribution in [0.3, 0.4) is 0 Å². The topological polar surface area (TPSA) is 77.4 Å². The molecule has 0 spiro atoms. The van der Waals surface area contributed by atoms with Gasteiger partial charge in [-0.25, -0.2) is 9.97 Å². The SMILES string of the molecule is CCN(CC)CCCOc1cc(OCCc2ccc(Cl)cc2)ccc1-c1nc2ccc(OCCn3ccnc3)cc2[nH]1. The molecule has 42 heavy (non-hydrogen) atoms. The number of hydrogen-bond donors (Lipinski definition) is 1. The minimum atomic E-state index is 0.549. The molecule has 5 rings (SSSR count). The van der Waals surface area contributed by atoms with E-state index in [0.29, 0.717) is 19.8 Å². The molecule has 0 atom stereocenters. The number of nitrogens with one attached hydrogen (secondary N) is 1. The molecule has 0 aliphatic carbocycles. The lowest BCUT2D eigenvalue weighted by atomic mass is 10.1. The maximum absolute atomic E-state index is 6.34. The predicted molar refractivity (Wildman–Crippen MR) is 168 cm³/mol. The summed E-state index contributed by atoms with van der Waals surface area (Å²) in [4.78, 5) is 14.8. The third-order valence-corrected chi connectivity index (χ3v) is 7.43. The van der Waals surface area contributed by atoms with Crippen LogP contribution < -0.4 is 14.2 Å². The fourth-order valence-corrected chi connectivity index (χ4v) is 4.88. The van der Waals surface area contributed by atoms with E-state index in [-0.39, 0.29) is 0 Å². The molecule has 3 aromatic carbocycles. The second kappa shape index (κ2) is 14.8. The summed E-state index contributed by atoms with van der Waals surface area (Å²) in [5, 5.41) is 0.734. The van der Waals surface area contributed by atoms with Gasteiger partial charge in [-0.15, -0.1) is 0 Å². The fourth-order valence-electron chi connectivity index (χ4n) is 4.75. The largest absolute Gasteiger partial charge is 0.493 e. The minimum absolute atomic E-state index is 0.549. The summed E-state index contributed by atoms with van der Waals surface area (Å²) >= 11 is 6.02. The normalized spacial score (nSPS) is 11.3. The van der Waals surface area contributed by atoms with Crippen LogP contribution in [0, 0.1) is 0 Å². The average Bonchev–Trinajstić information content (AvgIpc) is 3.68. The average molecular weight is 588 g/mol. The Hall–Kier alpha value is -4.01. The Kier molecular flexibility index (Phi) is 10.4. The van der Waals surface area contributed by atoms with Gasteiger partial charge in [0, 0.05) is 42.5 Å². The molecule has 0 unspecified atom stereocenters. The highest BCUT2D eigenvalue weighted by Crippen LogP contribution is 2.34. The minimum Gasteiger partial charge on any atom is -0.493 e. The number of halogens is 1. The number of imidazole rings is 2. The first-order valence-corrected chi connectivity index (χ1v) is 14.9. The van der Waals surface area contributed by atoms with E-state index in [1.807, 2.05) is 71.4 Å². The molecule has 0 fully saturated rings. The van der Waals surface area contributed by atoms with Crippen LogP contribution in [-0.2, 0) is 13.0 Å². The maximum Gasteiger partial charge on any atom is 0.142 e. The van der Waals surface area contributed by atoms with Crippen molar-refractivity contribution in [2.45, 2.75) is 33.2 Å². The lowest BCUT2D eigenvalue weighted by molar-refractivity contribution is 0.248. The summed E-state index contributed by atoms with van der Waals surface area (Å²) in [6.07, 6.45) is 7.19. The van der Waals surface area contributed by atoms with Crippen molar-refractivity contribution in [1.82, 2.24) is 24.4 Å². The van der Waals surface area contributed by atoms with Gasteiger partial charge in [0.15, 0.2) is 0 Å². The zero-order valence-corrected chi connectivity index (χ0v) is 25.0. The predicted octanol–water partition coefficient (Wildman–Crippen LogP) is 6.89. The number of hydrogen-bond acceptors (Lipinski definition) is 6. The van der Waals surface area contributed by atoms with Crippen LogP contribution >= 0.6 is 11.6 Å². The van der Waals surface area contributed by atoms with E-state index in [0.717, 1.165) is 83.7 Å². The van der Waals surface area contributed by atoms with Crippen molar-refractivity contribution in [1.29, 1.82) is 0 Å². The molecule has 0 radical (unpaired) electrons. The number of H-pyrrole nitrogens is 1. The van der Waals surface area contributed by atoms with E-state index in [1.54, 1.807) is 12.5 Å². The van der Waals surface area contributed by atoms with E-state index in [9.17, 15) is 0 Å². The molecular formula is C33H38ClN5O3. The summed E-state index contributed by atoms with van der Waals surface area (Å²) in [6, 6.07) is 19.7. The number of aromatic nitrogens is 4. The van der Waals surface area contributed by atoms with Crippen molar-refractivity contribution in [2.75, 3.05) is 39.5 Å². The molecule has 0 bridgehead atoms. The first kappa shape index (κ1) is 29.5. The molecule has 2 aromatic heterocycles. The summed E-state index contributed by atoms with van der Waals surface area (Å²) in [6.45, 7) is 9.87. The van der Waals surface area contributed by atoms with Gasteiger partial charge in [-0.2, -0.15) is 0 Å². The van der Waals surface area contributed by atoms with Crippen molar-refractivity contribution < 1.29 is 14.2 Å². The van der Waals surface area contributed by atoms with Crippen molar-refractivity contribution in [3.05, 3.63) is 90.0 Å². The molecule has 2 heterocycles. The van der Waals surface area contributed by atoms with Crippen molar-refractivity contribution >= 4 is 22.6 Å². The van der Waals surface area contributed by atoms with Crippen LogP contribution in [0.25, 0.3) is 22.4 Å². The van der Waals surface area contributed by atoms with Crippen LogP contribution in [0.4, 0.5) is 0 Å². The fraction of sp³-hybridized carbons (Fsp3) is 0.333. The second-order valence-electron chi connectivity index (χ2n) is 10.0. The van der Waals surface area contributed by atoms with E-state index >= 15 is 0 Å². The number of nitrogens with zero attached hydrogens (tertiary/aromatic N) is 4. The molecule has 9 heteroatoms. The Morgan fingerprint density at radius 3 is 2.45 bits per heavy atom. The van der Waals surface area contributed by atoms with Crippen LogP contribution in [0.1, 0.15) is 25.8 Å². The Bertz CT molecular complexity index is 1530. The molecule has 1 N–H and O–H groups in total. The van der Waals surface area contributed by atoms with Gasteiger partial charge >= 0.3 is 0 Å². The zero-order valence-electron chi connectivity index (χ0n) is 24.3. The van der Waals surface area contributed by atoms with Crippen molar-refractivity contribution in [3.8, 4) is 28.6 Å². The Morgan fingerprint density at radius 2 is 1.67 bits per heavy atom. The van der Waals surface area contributed by atoms with E-state index in [1.165, 1.54) is 5.56 Å². The molecule has 0 saturated carbocycles. The number of benzene rings is 3. The zero-order chi connectivity index (χ0) is 29.1. The van der Waals surface area contributed by atoms with Gasteiger partial charge in [-0.05, 0) is 61.5 Å². The van der Waals surface area contributed by atoms with Crippen LogP contribution in [0.2, 0.25) is 5.02 Å². The van der Waals surface area contributed by atoms with Crippen LogP contribution in [0.5, 0.6) is 17.2 Å². The Morgan fingerprint density at radius 1 is 0.881 bits per heavy atom. The monoisotopic (exact) mass is 587 g/mol. The van der Waals surface area contributed by atoms with Gasteiger partial charge in [-0.3, -0.25) is 0 Å². The number of ether oxygens (including phenoxy) is 3. The molecule has 0 aliphatic heterocycles. The summed E-state index contributed by atoms with van der Waals surface area (Å²) in [5.74, 6) is 3.03. The molecular weight excluding hydrogens is 550 g/mol. The third-order valence-electron chi connectivity index (χ3n) is 7.18. The first-order valence-electron chi connectivity index (χ1n) is 14.6. The van der Waals surface area contributed by atoms with Crippen molar-refractivity contribution in [2.24, 2.45) is 0 Å². The Balaban J connectivity index is 1.29. The summed E-state index contributed by atoms with van der Waals surface area (Å²) < 4.78 is 20.4. The highest BCUT2D eigenvalue weighted by Gasteiger charge is 2.14. The number of aromatic amines is 1. The van der Waals surface area contributed by atoms with E-state index in [2.05, 4.69) is 28.7 Å². The lowest BCUT2D eigenvalue weighted by Gasteiger charge is -2.18. The standard InChI is InChI=1S/C33H38ClN5O3/c1-3-38(4-2)16-5-19-42-32-23-28(40-20-14-25-6-8-26(34)9-7-25)10-12-29(32)33-36-30-13-11-27(22-31(30)37-33)41-21-18-39-17-15-35-24-39/h6-13,15,17,22-24H,3-5,14,16,18-21H2,1-2H3,(H,36,37). The smallest absolute Gasteiger partial charge is 0.142 e. The van der Waals surface area contributed by atoms with E-state index < -0.39 is 0 Å². The van der Waals surface area contributed by atoms with Gasteiger partial charge in [0.05, 0.1) is 42.7 Å². The van der Waals surface area contributed by atoms with Gasteiger partial charge < -0.3 is 28.7 Å². The Labute approximate surface area is 252 Å². The second-order valence-corrected chi connectivity index (χ2v) is 10.5. The van der Waals surface area contributed by atoms with Gasteiger partial charge in [-0.1, -0.05) is 37.6 Å². The lowest BCUT2D eigenvalue weighted by Crippen LogP contribution is -2.25. The van der Waals surface area contributed by atoms with Gasteiger partial charge in [0.25, 0.3) is 0 Å². The number of rotatable bonds is 16. The molecule has 0 saturated heterocycles. The van der Waals surface area contributed by atoms with Crippen LogP contribution in [-0.4, -0.2) is 63.9 Å². The molecule has 0 aliphatic rings. The quantitative estimate of drug-likeness (QED) is 0.127. The molecule has 0 amide bonds. The third kappa shape index (κ3) is 8.05. The van der Waals surface area contributed by atoms with Gasteiger partial charge in [0.1, 0.15) is 29.7 Å². The van der Waals surface area contributed by atoms with Crippen LogP contribution in [0.15, 0.2) is 79.4 Å². The van der Waals surface area contributed by atoms with Crippen molar-refractivity contribution in [3.63, 3.8) is 0 Å².